The molecule has 0 aromatic carbocycles. The summed E-state index contributed by atoms with van der Waals surface area (Å²) in [5, 5.41) is 5.18. The molecule has 24 heavy (non-hydrogen) atoms. The molecule has 0 N–H and O–H groups in total. The Morgan fingerprint density at radius 3 is 2.92 bits per heavy atom. The molecule has 0 spiro atoms. The van der Waals surface area contributed by atoms with Crippen LogP contribution in [0.3, 0.4) is 0 Å². The zero-order valence-corrected chi connectivity index (χ0v) is 14.8. The van der Waals surface area contributed by atoms with Gasteiger partial charge in [0.05, 0.1) is 22.7 Å². The molecule has 0 bridgehead atoms. The molecule has 3 atom stereocenters. The monoisotopic (exact) mass is 329 g/mol. The number of esters is 1. The lowest BCUT2D eigenvalue weighted by atomic mass is 9.59. The highest BCUT2D eigenvalue weighted by Crippen LogP contribution is 2.54. The lowest BCUT2D eigenvalue weighted by molar-refractivity contribution is -0.183. The molecule has 3 heterocycles. The van der Waals surface area contributed by atoms with Crippen LogP contribution in [0.2, 0.25) is 0 Å². The van der Waals surface area contributed by atoms with Gasteiger partial charge < -0.3 is 9.47 Å². The first-order chi connectivity index (χ1) is 11.3. The second-order valence-corrected chi connectivity index (χ2v) is 7.61. The van der Waals surface area contributed by atoms with Gasteiger partial charge in [0.25, 0.3) is 0 Å². The molecule has 1 aliphatic heterocycles. The van der Waals surface area contributed by atoms with E-state index < -0.39 is 0 Å². The van der Waals surface area contributed by atoms with Gasteiger partial charge in [0.15, 0.2) is 5.65 Å². The summed E-state index contributed by atoms with van der Waals surface area (Å²) in [5.41, 5.74) is 2.71. The summed E-state index contributed by atoms with van der Waals surface area (Å²) in [4.78, 5) is 17.4. The first kappa shape index (κ1) is 15.6. The minimum Gasteiger partial charge on any atom is -0.458 e. The average Bonchev–Trinajstić information content (AvgIpc) is 3.08. The van der Waals surface area contributed by atoms with Crippen molar-refractivity contribution >= 4 is 17.0 Å². The Labute approximate surface area is 141 Å². The quantitative estimate of drug-likeness (QED) is 0.792. The topological polar surface area (TPSA) is 66.2 Å². The predicted octanol–water partition coefficient (Wildman–Crippen LogP) is 2.56. The fourth-order valence-electron chi connectivity index (χ4n) is 4.43. The normalized spacial score (nSPS) is 27.8. The molecule has 1 aliphatic carbocycles. The van der Waals surface area contributed by atoms with Crippen LogP contribution in [0.25, 0.3) is 11.0 Å². The molecule has 6 heteroatoms. The van der Waals surface area contributed by atoms with E-state index >= 15 is 0 Å². The number of aryl methyl sites for hydroxylation is 3. The first-order valence-electron chi connectivity index (χ1n) is 8.44. The molecular weight excluding hydrogens is 306 g/mol. The minimum absolute atomic E-state index is 0.0991. The van der Waals surface area contributed by atoms with Crippen molar-refractivity contribution in [3.8, 4) is 0 Å². The number of nitrogens with zero attached hydrogens (tertiary/aromatic N) is 3. The maximum absolute atomic E-state index is 12.9. The van der Waals surface area contributed by atoms with Crippen LogP contribution in [-0.4, -0.2) is 39.5 Å². The van der Waals surface area contributed by atoms with Crippen molar-refractivity contribution in [2.24, 2.45) is 18.4 Å². The number of aromatic nitrogens is 3. The molecule has 128 valence electrons. The van der Waals surface area contributed by atoms with Gasteiger partial charge in [-0.05, 0) is 26.3 Å². The van der Waals surface area contributed by atoms with Gasteiger partial charge in [-0.1, -0.05) is 13.8 Å². The Bertz CT molecular complexity index is 840. The molecule has 4 rings (SSSR count). The Kier molecular flexibility index (Phi) is 3.26. The third-order valence-electron chi connectivity index (χ3n) is 5.54. The number of carbonyl (C=O) groups is 1. The number of rotatable bonds is 2. The Hall–Kier alpha value is -1.95. The third-order valence-corrected chi connectivity index (χ3v) is 5.54. The van der Waals surface area contributed by atoms with Crippen LogP contribution in [0, 0.1) is 25.2 Å². The Morgan fingerprint density at radius 2 is 2.17 bits per heavy atom. The second-order valence-electron chi connectivity index (χ2n) is 7.61. The molecule has 0 amide bonds. The number of ether oxygens (including phenoxy) is 2. The number of pyridine rings is 1. The zero-order chi connectivity index (χ0) is 17.2. The highest BCUT2D eigenvalue weighted by Gasteiger charge is 2.61. The Balaban J connectivity index is 1.69. The molecule has 0 unspecified atom stereocenters. The zero-order valence-electron chi connectivity index (χ0n) is 14.8. The molecule has 2 aromatic rings. The van der Waals surface area contributed by atoms with Gasteiger partial charge in [0, 0.05) is 30.7 Å². The van der Waals surface area contributed by atoms with Crippen molar-refractivity contribution in [2.45, 2.75) is 46.3 Å². The standard InChI is InChI=1S/C18H23N3O3/c1-9-8-12(13-10(2)20-21(5)16(13)19-9)17(22)24-15-11-6-7-23-14(11)18(15,3)4/h8,11,14-15H,6-7H2,1-5H3/t11-,14+,15+/m0/s1. The summed E-state index contributed by atoms with van der Waals surface area (Å²) >= 11 is 0. The lowest BCUT2D eigenvalue weighted by Crippen LogP contribution is -2.61. The summed E-state index contributed by atoms with van der Waals surface area (Å²) in [6, 6.07) is 1.80. The van der Waals surface area contributed by atoms with E-state index in [1.807, 2.05) is 20.9 Å². The van der Waals surface area contributed by atoms with Crippen LogP contribution in [0.4, 0.5) is 0 Å². The molecular formula is C18H23N3O3. The molecule has 2 fully saturated rings. The maximum atomic E-state index is 12.9. The van der Waals surface area contributed by atoms with Gasteiger partial charge in [0.1, 0.15) is 6.10 Å². The molecule has 1 saturated heterocycles. The van der Waals surface area contributed by atoms with Crippen LogP contribution in [0.5, 0.6) is 0 Å². The number of hydrogen-bond donors (Lipinski definition) is 0. The molecule has 6 nitrogen and oxygen atoms in total. The van der Waals surface area contributed by atoms with E-state index in [2.05, 4.69) is 23.9 Å². The fourth-order valence-corrected chi connectivity index (χ4v) is 4.43. The molecule has 0 radical (unpaired) electrons. The van der Waals surface area contributed by atoms with Crippen LogP contribution in [-0.2, 0) is 16.5 Å². The van der Waals surface area contributed by atoms with Crippen molar-refractivity contribution in [3.63, 3.8) is 0 Å². The van der Waals surface area contributed by atoms with E-state index in [0.717, 1.165) is 35.4 Å². The first-order valence-corrected chi connectivity index (χ1v) is 8.44. The van der Waals surface area contributed by atoms with Gasteiger partial charge in [-0.3, -0.25) is 4.68 Å². The molecule has 1 saturated carbocycles. The fraction of sp³-hybridized carbons (Fsp3) is 0.611. The Morgan fingerprint density at radius 1 is 1.42 bits per heavy atom. The van der Waals surface area contributed by atoms with Crippen molar-refractivity contribution in [2.75, 3.05) is 6.61 Å². The van der Waals surface area contributed by atoms with Gasteiger partial charge >= 0.3 is 5.97 Å². The summed E-state index contributed by atoms with van der Waals surface area (Å²) in [6.45, 7) is 8.75. The van der Waals surface area contributed by atoms with Gasteiger partial charge in [-0.2, -0.15) is 5.10 Å². The summed E-state index contributed by atoms with van der Waals surface area (Å²) < 4.78 is 13.4. The summed E-state index contributed by atoms with van der Waals surface area (Å²) in [6.07, 6.45) is 1.07. The van der Waals surface area contributed by atoms with Gasteiger partial charge in [-0.25, -0.2) is 9.78 Å². The van der Waals surface area contributed by atoms with Crippen molar-refractivity contribution < 1.29 is 14.3 Å². The molecule has 2 aliphatic rings. The highest BCUT2D eigenvalue weighted by atomic mass is 16.6. The van der Waals surface area contributed by atoms with Crippen LogP contribution < -0.4 is 0 Å². The van der Waals surface area contributed by atoms with E-state index in [-0.39, 0.29) is 23.6 Å². The number of hydrogen-bond acceptors (Lipinski definition) is 5. The van der Waals surface area contributed by atoms with Gasteiger partial charge in [-0.15, -0.1) is 0 Å². The number of carbonyl (C=O) groups excluding carboxylic acids is 1. The SMILES string of the molecule is Cc1cc(C(=O)O[C@@H]2[C@H]3CCO[C@H]3C2(C)C)c2c(C)nn(C)c2n1. The third kappa shape index (κ3) is 2.02. The predicted molar refractivity (Wildman–Crippen MR) is 88.8 cm³/mol. The van der Waals surface area contributed by atoms with Crippen LogP contribution in [0.1, 0.15) is 42.0 Å². The summed E-state index contributed by atoms with van der Waals surface area (Å²) in [7, 11) is 1.84. The van der Waals surface area contributed by atoms with Crippen LogP contribution >= 0.6 is 0 Å². The lowest BCUT2D eigenvalue weighted by Gasteiger charge is -2.53. The summed E-state index contributed by atoms with van der Waals surface area (Å²) in [5.74, 6) is 0.0300. The number of fused-ring (bicyclic) bond motifs is 2. The van der Waals surface area contributed by atoms with E-state index in [1.54, 1.807) is 10.7 Å². The van der Waals surface area contributed by atoms with Crippen molar-refractivity contribution in [3.05, 3.63) is 23.0 Å². The van der Waals surface area contributed by atoms with E-state index in [9.17, 15) is 4.79 Å². The van der Waals surface area contributed by atoms with E-state index in [4.69, 9.17) is 9.47 Å². The highest BCUT2D eigenvalue weighted by molar-refractivity contribution is 6.04. The maximum Gasteiger partial charge on any atom is 0.339 e. The average molecular weight is 329 g/mol. The van der Waals surface area contributed by atoms with Crippen molar-refractivity contribution in [1.29, 1.82) is 0 Å². The minimum atomic E-state index is -0.287. The van der Waals surface area contributed by atoms with E-state index in [1.165, 1.54) is 0 Å². The second kappa shape index (κ2) is 5.02. The smallest absolute Gasteiger partial charge is 0.339 e. The van der Waals surface area contributed by atoms with E-state index in [0.29, 0.717) is 11.5 Å². The van der Waals surface area contributed by atoms with Crippen molar-refractivity contribution in [1.82, 2.24) is 14.8 Å². The largest absolute Gasteiger partial charge is 0.458 e. The van der Waals surface area contributed by atoms with Gasteiger partial charge in [0.2, 0.25) is 0 Å². The van der Waals surface area contributed by atoms with Crippen LogP contribution in [0.15, 0.2) is 6.07 Å². The molecule has 2 aromatic heterocycles.